The summed E-state index contributed by atoms with van der Waals surface area (Å²) < 4.78 is 5.21. The van der Waals surface area contributed by atoms with Gasteiger partial charge in [-0.1, -0.05) is 29.8 Å². The van der Waals surface area contributed by atoms with Crippen LogP contribution in [0.1, 0.15) is 34.5 Å². The van der Waals surface area contributed by atoms with Crippen molar-refractivity contribution in [3.05, 3.63) is 59.5 Å². The zero-order chi connectivity index (χ0) is 17.4. The first-order valence-corrected chi connectivity index (χ1v) is 8.75. The number of benzene rings is 1. The topological polar surface area (TPSA) is 53.8 Å². The van der Waals surface area contributed by atoms with Gasteiger partial charge < -0.3 is 14.2 Å². The molecule has 1 atom stereocenters. The van der Waals surface area contributed by atoms with E-state index >= 15 is 0 Å². The summed E-state index contributed by atoms with van der Waals surface area (Å²) in [5.41, 5.74) is 1.95. The van der Waals surface area contributed by atoms with Crippen molar-refractivity contribution in [1.29, 1.82) is 0 Å². The lowest BCUT2D eigenvalue weighted by molar-refractivity contribution is -0.135. The minimum absolute atomic E-state index is 0.119. The average Bonchev–Trinajstić information content (AvgIpc) is 3.33. The van der Waals surface area contributed by atoms with E-state index in [0.717, 1.165) is 24.9 Å². The van der Waals surface area contributed by atoms with E-state index in [0.29, 0.717) is 25.4 Å². The molecule has 0 N–H and O–H groups in total. The van der Waals surface area contributed by atoms with Crippen LogP contribution in [0, 0.1) is 12.3 Å². The molecule has 1 aromatic carbocycles. The molecule has 2 aliphatic heterocycles. The van der Waals surface area contributed by atoms with Crippen molar-refractivity contribution in [2.45, 2.75) is 26.3 Å². The number of furan rings is 1. The van der Waals surface area contributed by atoms with Crippen LogP contribution in [0.3, 0.4) is 0 Å². The van der Waals surface area contributed by atoms with Crippen LogP contribution in [0.25, 0.3) is 0 Å². The monoisotopic (exact) mass is 338 g/mol. The van der Waals surface area contributed by atoms with Crippen molar-refractivity contribution < 1.29 is 14.0 Å². The Hall–Kier alpha value is -2.56. The molecule has 25 heavy (non-hydrogen) atoms. The highest BCUT2D eigenvalue weighted by Crippen LogP contribution is 2.41. The Kier molecular flexibility index (Phi) is 3.86. The molecule has 1 aromatic heterocycles. The third-order valence-corrected chi connectivity index (χ3v) is 5.43. The molecular weight excluding hydrogens is 316 g/mol. The summed E-state index contributed by atoms with van der Waals surface area (Å²) in [6.07, 6.45) is 3.06. The summed E-state index contributed by atoms with van der Waals surface area (Å²) >= 11 is 0. The molecule has 0 saturated carbocycles. The standard InChI is InChI=1S/C20H22N2O3/c1-15-4-2-5-16(12-15)13-21-9-7-20(19(21)24)8-10-22(14-20)18(23)17-6-3-11-25-17/h2-6,11-12H,7-10,13-14H2,1H3. The van der Waals surface area contributed by atoms with Gasteiger partial charge in [-0.25, -0.2) is 0 Å². The van der Waals surface area contributed by atoms with Crippen molar-refractivity contribution >= 4 is 11.8 Å². The third kappa shape index (κ3) is 2.84. The molecule has 2 aromatic rings. The normalized spacial score (nSPS) is 23.0. The lowest BCUT2D eigenvalue weighted by Crippen LogP contribution is -2.38. The molecule has 0 radical (unpaired) electrons. The lowest BCUT2D eigenvalue weighted by atomic mass is 9.85. The van der Waals surface area contributed by atoms with Gasteiger partial charge in [0.1, 0.15) is 0 Å². The fourth-order valence-electron chi connectivity index (χ4n) is 4.06. The highest BCUT2D eigenvalue weighted by Gasteiger charge is 2.51. The van der Waals surface area contributed by atoms with Crippen LogP contribution in [-0.2, 0) is 11.3 Å². The van der Waals surface area contributed by atoms with E-state index in [-0.39, 0.29) is 11.8 Å². The highest BCUT2D eigenvalue weighted by molar-refractivity contribution is 5.93. The molecule has 1 spiro atoms. The van der Waals surface area contributed by atoms with E-state index in [4.69, 9.17) is 4.42 Å². The van der Waals surface area contributed by atoms with Gasteiger partial charge in [0.05, 0.1) is 11.7 Å². The molecule has 2 amide bonds. The third-order valence-electron chi connectivity index (χ3n) is 5.43. The van der Waals surface area contributed by atoms with Crippen LogP contribution in [0.15, 0.2) is 47.1 Å². The Bertz CT molecular complexity index is 799. The van der Waals surface area contributed by atoms with Crippen molar-refractivity contribution in [3.8, 4) is 0 Å². The molecular formula is C20H22N2O3. The molecule has 0 aliphatic carbocycles. The molecule has 0 bridgehead atoms. The van der Waals surface area contributed by atoms with Gasteiger partial charge >= 0.3 is 0 Å². The van der Waals surface area contributed by atoms with Crippen LogP contribution >= 0.6 is 0 Å². The Balaban J connectivity index is 1.45. The Morgan fingerprint density at radius 2 is 2.04 bits per heavy atom. The maximum absolute atomic E-state index is 13.0. The van der Waals surface area contributed by atoms with Crippen molar-refractivity contribution in [3.63, 3.8) is 0 Å². The second-order valence-electron chi connectivity index (χ2n) is 7.20. The maximum Gasteiger partial charge on any atom is 0.289 e. The Morgan fingerprint density at radius 3 is 2.80 bits per heavy atom. The molecule has 1 unspecified atom stereocenters. The number of hydrogen-bond donors (Lipinski definition) is 0. The summed E-state index contributed by atoms with van der Waals surface area (Å²) in [5.74, 6) is 0.412. The Morgan fingerprint density at radius 1 is 1.20 bits per heavy atom. The summed E-state index contributed by atoms with van der Waals surface area (Å²) in [7, 11) is 0. The van der Waals surface area contributed by atoms with Crippen LogP contribution < -0.4 is 0 Å². The lowest BCUT2D eigenvalue weighted by Gasteiger charge is -2.23. The fourth-order valence-corrected chi connectivity index (χ4v) is 4.06. The molecule has 5 nitrogen and oxygen atoms in total. The van der Waals surface area contributed by atoms with Crippen molar-refractivity contribution in [2.75, 3.05) is 19.6 Å². The van der Waals surface area contributed by atoms with Gasteiger partial charge in [-0.15, -0.1) is 0 Å². The first-order valence-electron chi connectivity index (χ1n) is 8.75. The fraction of sp³-hybridized carbons (Fsp3) is 0.400. The summed E-state index contributed by atoms with van der Waals surface area (Å²) in [6, 6.07) is 11.7. The number of carbonyl (C=O) groups is 2. The molecule has 3 heterocycles. The van der Waals surface area contributed by atoms with Gasteiger partial charge in [0.25, 0.3) is 5.91 Å². The zero-order valence-electron chi connectivity index (χ0n) is 14.4. The molecule has 2 saturated heterocycles. The largest absolute Gasteiger partial charge is 0.459 e. The van der Waals surface area contributed by atoms with Crippen LogP contribution in [-0.4, -0.2) is 41.2 Å². The van der Waals surface area contributed by atoms with E-state index in [9.17, 15) is 9.59 Å². The molecule has 4 rings (SSSR count). The second kappa shape index (κ2) is 6.06. The number of rotatable bonds is 3. The zero-order valence-corrected chi connectivity index (χ0v) is 14.4. The van der Waals surface area contributed by atoms with Gasteiger partial charge in [-0.3, -0.25) is 9.59 Å². The SMILES string of the molecule is Cc1cccc(CN2CCC3(CCN(C(=O)c4ccco4)C3)C2=O)c1. The quantitative estimate of drug-likeness (QED) is 0.865. The first-order chi connectivity index (χ1) is 12.1. The first kappa shape index (κ1) is 15.9. The van der Waals surface area contributed by atoms with Gasteiger partial charge in [0.2, 0.25) is 5.91 Å². The second-order valence-corrected chi connectivity index (χ2v) is 7.20. The van der Waals surface area contributed by atoms with Crippen LogP contribution in [0.4, 0.5) is 0 Å². The number of aryl methyl sites for hydroxylation is 1. The minimum Gasteiger partial charge on any atom is -0.459 e. The number of likely N-dealkylation sites (tertiary alicyclic amines) is 2. The molecule has 130 valence electrons. The number of carbonyl (C=O) groups excluding carboxylic acids is 2. The van der Waals surface area contributed by atoms with E-state index in [1.807, 2.05) is 11.0 Å². The van der Waals surface area contributed by atoms with Gasteiger partial charge in [0, 0.05) is 26.2 Å². The summed E-state index contributed by atoms with van der Waals surface area (Å²) in [4.78, 5) is 29.2. The number of amides is 2. The van der Waals surface area contributed by atoms with Gasteiger partial charge in [-0.2, -0.15) is 0 Å². The predicted octanol–water partition coefficient (Wildman–Crippen LogP) is 2.85. The van der Waals surface area contributed by atoms with Crippen molar-refractivity contribution in [2.24, 2.45) is 5.41 Å². The maximum atomic E-state index is 13.0. The average molecular weight is 338 g/mol. The predicted molar refractivity (Wildman–Crippen MR) is 92.9 cm³/mol. The van der Waals surface area contributed by atoms with Crippen molar-refractivity contribution in [1.82, 2.24) is 9.80 Å². The van der Waals surface area contributed by atoms with Crippen LogP contribution in [0.2, 0.25) is 0 Å². The summed E-state index contributed by atoms with van der Waals surface area (Å²) in [6.45, 7) is 4.58. The van der Waals surface area contributed by atoms with E-state index in [2.05, 4.69) is 25.1 Å². The van der Waals surface area contributed by atoms with Crippen LogP contribution in [0.5, 0.6) is 0 Å². The number of hydrogen-bond acceptors (Lipinski definition) is 3. The summed E-state index contributed by atoms with van der Waals surface area (Å²) in [5, 5.41) is 0. The highest BCUT2D eigenvalue weighted by atomic mass is 16.3. The van der Waals surface area contributed by atoms with E-state index in [1.54, 1.807) is 17.0 Å². The number of nitrogens with zero attached hydrogens (tertiary/aromatic N) is 2. The van der Waals surface area contributed by atoms with E-state index < -0.39 is 5.41 Å². The van der Waals surface area contributed by atoms with E-state index in [1.165, 1.54) is 11.8 Å². The van der Waals surface area contributed by atoms with Gasteiger partial charge in [-0.05, 0) is 37.5 Å². The Labute approximate surface area is 147 Å². The minimum atomic E-state index is -0.411. The molecule has 5 heteroatoms. The molecule has 2 fully saturated rings. The smallest absolute Gasteiger partial charge is 0.289 e. The molecule has 2 aliphatic rings. The van der Waals surface area contributed by atoms with Gasteiger partial charge in [0.15, 0.2) is 5.76 Å².